The molecule has 0 fully saturated rings. The van der Waals surface area contributed by atoms with E-state index in [2.05, 4.69) is 5.10 Å². The maximum absolute atomic E-state index is 12.3. The van der Waals surface area contributed by atoms with Gasteiger partial charge in [0.2, 0.25) is 0 Å². The zero-order chi connectivity index (χ0) is 16.1. The average molecular weight is 306 g/mol. The van der Waals surface area contributed by atoms with Crippen LogP contribution in [0, 0.1) is 0 Å². The number of benzene rings is 2. The van der Waals surface area contributed by atoms with Crippen molar-refractivity contribution in [1.29, 1.82) is 0 Å². The highest BCUT2D eigenvalue weighted by atomic mass is 16.2. The second-order valence-electron chi connectivity index (χ2n) is 5.51. The Hall–Kier alpha value is -3.15. The maximum Gasteiger partial charge on any atom is 0.332 e. The lowest BCUT2D eigenvalue weighted by Crippen LogP contribution is -2.36. The Bertz CT molecular complexity index is 1180. The molecule has 0 aliphatic heterocycles. The molecule has 0 saturated carbocycles. The quantitative estimate of drug-likeness (QED) is 0.536. The Labute approximate surface area is 130 Å². The van der Waals surface area contributed by atoms with Gasteiger partial charge in [0.05, 0.1) is 5.69 Å². The lowest BCUT2D eigenvalue weighted by Gasteiger charge is -2.05. The average Bonchev–Trinajstić information content (AvgIpc) is 3.03. The van der Waals surface area contributed by atoms with Crippen molar-refractivity contribution < 1.29 is 0 Å². The minimum atomic E-state index is -0.384. The summed E-state index contributed by atoms with van der Waals surface area (Å²) in [5, 5.41) is 7.00. The van der Waals surface area contributed by atoms with Crippen LogP contribution in [-0.4, -0.2) is 18.9 Å². The predicted octanol–water partition coefficient (Wildman–Crippen LogP) is 1.58. The Morgan fingerprint density at radius 2 is 1.61 bits per heavy atom. The lowest BCUT2D eigenvalue weighted by atomic mass is 10.1. The Morgan fingerprint density at radius 3 is 2.43 bits per heavy atom. The molecule has 2 aromatic carbocycles. The van der Waals surface area contributed by atoms with Gasteiger partial charge in [-0.15, -0.1) is 5.10 Å². The van der Waals surface area contributed by atoms with E-state index in [0.717, 1.165) is 21.0 Å². The summed E-state index contributed by atoms with van der Waals surface area (Å²) >= 11 is 0. The number of aromatic nitrogens is 4. The van der Waals surface area contributed by atoms with E-state index >= 15 is 0 Å². The summed E-state index contributed by atoms with van der Waals surface area (Å²) in [6, 6.07) is 13.9. The van der Waals surface area contributed by atoms with Gasteiger partial charge in [0.1, 0.15) is 5.39 Å². The topological polar surface area (TPSA) is 61.8 Å². The van der Waals surface area contributed by atoms with Gasteiger partial charge in [0.25, 0.3) is 5.56 Å². The van der Waals surface area contributed by atoms with E-state index in [-0.39, 0.29) is 11.2 Å². The Kier molecular flexibility index (Phi) is 2.74. The highest BCUT2D eigenvalue weighted by Gasteiger charge is 2.14. The molecule has 2 heterocycles. The number of fused-ring (bicyclic) bond motifs is 2. The van der Waals surface area contributed by atoms with Crippen LogP contribution in [0.25, 0.3) is 27.5 Å². The van der Waals surface area contributed by atoms with Gasteiger partial charge < -0.3 is 0 Å². The van der Waals surface area contributed by atoms with Crippen molar-refractivity contribution in [3.63, 3.8) is 0 Å². The van der Waals surface area contributed by atoms with Crippen LogP contribution >= 0.6 is 0 Å². The third kappa shape index (κ3) is 1.85. The molecule has 0 atom stereocenters. The molecule has 4 aromatic rings. The summed E-state index contributed by atoms with van der Waals surface area (Å²) in [5.41, 5.74) is 0.528. The highest BCUT2D eigenvalue weighted by Crippen LogP contribution is 2.22. The summed E-state index contributed by atoms with van der Waals surface area (Å²) in [6.07, 6.45) is 1.68. The number of hydrogen-bond acceptors (Lipinski definition) is 3. The number of aryl methyl sites for hydroxylation is 1. The molecule has 6 heteroatoms. The van der Waals surface area contributed by atoms with Gasteiger partial charge in [-0.05, 0) is 11.5 Å². The second-order valence-corrected chi connectivity index (χ2v) is 5.51. The fraction of sp³-hybridized carbons (Fsp3) is 0.118. The van der Waals surface area contributed by atoms with Crippen molar-refractivity contribution in [2.45, 2.75) is 0 Å². The van der Waals surface area contributed by atoms with Gasteiger partial charge in [0.15, 0.2) is 5.65 Å². The lowest BCUT2D eigenvalue weighted by molar-refractivity contribution is 0.706. The smallest absolute Gasteiger partial charge is 0.279 e. The van der Waals surface area contributed by atoms with E-state index in [1.807, 2.05) is 42.5 Å². The summed E-state index contributed by atoms with van der Waals surface area (Å²) in [6.45, 7) is 0. The van der Waals surface area contributed by atoms with Crippen LogP contribution in [0.1, 0.15) is 0 Å². The van der Waals surface area contributed by atoms with Crippen molar-refractivity contribution in [3.05, 3.63) is 69.5 Å². The van der Waals surface area contributed by atoms with E-state index in [9.17, 15) is 9.59 Å². The fourth-order valence-corrected chi connectivity index (χ4v) is 2.88. The summed E-state index contributed by atoms with van der Waals surface area (Å²) in [4.78, 5) is 24.3. The molecule has 23 heavy (non-hydrogen) atoms. The highest BCUT2D eigenvalue weighted by molar-refractivity contribution is 5.90. The molecule has 0 spiro atoms. The van der Waals surface area contributed by atoms with E-state index in [1.165, 1.54) is 11.6 Å². The van der Waals surface area contributed by atoms with Gasteiger partial charge in [0, 0.05) is 25.7 Å². The molecule has 6 nitrogen and oxygen atoms in total. The van der Waals surface area contributed by atoms with Crippen LogP contribution in [0.4, 0.5) is 0 Å². The second kappa shape index (κ2) is 4.67. The third-order valence-electron chi connectivity index (χ3n) is 4.13. The molecular weight excluding hydrogens is 292 g/mol. The SMILES string of the molecule is Cn1c(=O)c2cn(-c3cccc4ccccc34)nc2n(C)c1=O. The molecular formula is C17H14N4O2. The molecule has 0 saturated heterocycles. The summed E-state index contributed by atoms with van der Waals surface area (Å²) in [5.74, 6) is 0. The standard InChI is InChI=1S/C17H14N4O2/c1-19-15-13(16(22)20(2)17(19)23)10-21(18-15)14-9-5-7-11-6-3-4-8-12(11)14/h3-10H,1-2H3. The predicted molar refractivity (Wildman–Crippen MR) is 89.1 cm³/mol. The normalized spacial score (nSPS) is 11.4. The van der Waals surface area contributed by atoms with Crippen LogP contribution < -0.4 is 11.2 Å². The van der Waals surface area contributed by atoms with Crippen molar-refractivity contribution in [2.24, 2.45) is 14.1 Å². The first-order valence-corrected chi connectivity index (χ1v) is 7.21. The van der Waals surface area contributed by atoms with Crippen LogP contribution in [-0.2, 0) is 14.1 Å². The first-order valence-electron chi connectivity index (χ1n) is 7.21. The third-order valence-corrected chi connectivity index (χ3v) is 4.13. The van der Waals surface area contributed by atoms with Crippen molar-refractivity contribution in [2.75, 3.05) is 0 Å². The van der Waals surface area contributed by atoms with Crippen LogP contribution in [0.3, 0.4) is 0 Å². The van der Waals surface area contributed by atoms with Gasteiger partial charge in [-0.3, -0.25) is 13.9 Å². The molecule has 0 radical (unpaired) electrons. The fourth-order valence-electron chi connectivity index (χ4n) is 2.88. The molecule has 0 aliphatic rings. The van der Waals surface area contributed by atoms with Gasteiger partial charge in [-0.25, -0.2) is 9.48 Å². The molecule has 4 rings (SSSR count). The Balaban J connectivity index is 2.11. The minimum Gasteiger partial charge on any atom is -0.279 e. The molecule has 0 unspecified atom stereocenters. The molecule has 114 valence electrons. The first kappa shape index (κ1) is 13.5. The van der Waals surface area contributed by atoms with Gasteiger partial charge in [-0.1, -0.05) is 36.4 Å². The van der Waals surface area contributed by atoms with E-state index in [4.69, 9.17) is 0 Å². The van der Waals surface area contributed by atoms with Gasteiger partial charge >= 0.3 is 5.69 Å². The first-order chi connectivity index (χ1) is 11.1. The molecule has 0 aliphatic carbocycles. The number of rotatable bonds is 1. The van der Waals surface area contributed by atoms with E-state index in [1.54, 1.807) is 17.9 Å². The van der Waals surface area contributed by atoms with E-state index in [0.29, 0.717) is 11.0 Å². The van der Waals surface area contributed by atoms with Crippen LogP contribution in [0.5, 0.6) is 0 Å². The molecule has 2 aromatic heterocycles. The largest absolute Gasteiger partial charge is 0.332 e. The molecule has 0 N–H and O–H groups in total. The van der Waals surface area contributed by atoms with Crippen molar-refractivity contribution >= 4 is 21.8 Å². The van der Waals surface area contributed by atoms with Crippen molar-refractivity contribution in [1.82, 2.24) is 18.9 Å². The zero-order valence-electron chi connectivity index (χ0n) is 12.7. The molecule has 0 bridgehead atoms. The summed E-state index contributed by atoms with van der Waals surface area (Å²) in [7, 11) is 3.09. The monoisotopic (exact) mass is 306 g/mol. The number of nitrogens with zero attached hydrogens (tertiary/aromatic N) is 4. The van der Waals surface area contributed by atoms with Crippen LogP contribution in [0.15, 0.2) is 58.3 Å². The Morgan fingerprint density at radius 1 is 0.870 bits per heavy atom. The van der Waals surface area contributed by atoms with Gasteiger partial charge in [-0.2, -0.15) is 0 Å². The summed E-state index contributed by atoms with van der Waals surface area (Å²) < 4.78 is 4.14. The van der Waals surface area contributed by atoms with Crippen LogP contribution in [0.2, 0.25) is 0 Å². The number of hydrogen-bond donors (Lipinski definition) is 0. The minimum absolute atomic E-state index is 0.338. The van der Waals surface area contributed by atoms with E-state index < -0.39 is 0 Å². The van der Waals surface area contributed by atoms with Crippen molar-refractivity contribution in [3.8, 4) is 5.69 Å². The maximum atomic E-state index is 12.3. The zero-order valence-corrected chi connectivity index (χ0v) is 12.7. The molecule has 0 amide bonds.